The number of esters is 1. The zero-order valence-corrected chi connectivity index (χ0v) is 15.7. The Morgan fingerprint density at radius 2 is 2.32 bits per heavy atom. The van der Waals surface area contributed by atoms with E-state index in [0.29, 0.717) is 26.0 Å². The molecule has 0 radical (unpaired) electrons. The molecule has 0 aromatic carbocycles. The van der Waals surface area contributed by atoms with Crippen LogP contribution in [0.2, 0.25) is 0 Å². The van der Waals surface area contributed by atoms with Crippen molar-refractivity contribution in [3.63, 3.8) is 0 Å². The fourth-order valence-corrected chi connectivity index (χ4v) is 3.10. The highest BCUT2D eigenvalue weighted by atomic mass is 32.2. The quantitative estimate of drug-likeness (QED) is 0.320. The maximum absolute atomic E-state index is 11.9. The Hall–Kier alpha value is -1.71. The Bertz CT molecular complexity index is 781. The fraction of sp³-hybridized carbons (Fsp3) is 0.286. The summed E-state index contributed by atoms with van der Waals surface area (Å²) in [5.41, 5.74) is 1.17. The first-order chi connectivity index (χ1) is 11.8. The molecule has 0 aliphatic carbocycles. The van der Waals surface area contributed by atoms with Crippen LogP contribution in [0.4, 0.5) is 0 Å². The van der Waals surface area contributed by atoms with Gasteiger partial charge in [-0.3, -0.25) is 14.3 Å². The Kier molecular flexibility index (Phi) is 6.74. The van der Waals surface area contributed by atoms with E-state index in [4.69, 9.17) is 21.5 Å². The van der Waals surface area contributed by atoms with Crippen molar-refractivity contribution in [3.05, 3.63) is 27.9 Å². The molecular weight excluding hydrogens is 387 g/mol. The van der Waals surface area contributed by atoms with Crippen molar-refractivity contribution in [1.82, 2.24) is 10.3 Å². The van der Waals surface area contributed by atoms with Gasteiger partial charge >= 0.3 is 14.7 Å². The molecule has 2 N–H and O–H groups in total. The molecular formula is C14H13N2O6PS2. The summed E-state index contributed by atoms with van der Waals surface area (Å²) in [6, 6.07) is 0. The standard InChI is InChI=1S/C14H13N2O6PS2/c1-6-11(22-13(19)7(2)17)9(8(4-15-6)5-21-23-20)3-10-12(18)16-14(24)25-10/h3-4,7,17H,5H2,1-2H3,(H,16,18,24)/b10-3-. The van der Waals surface area contributed by atoms with Gasteiger partial charge in [0.05, 0.1) is 17.2 Å². The minimum Gasteiger partial charge on any atom is -0.422 e. The molecule has 1 aromatic rings. The summed E-state index contributed by atoms with van der Waals surface area (Å²) in [5, 5.41) is 11.9. The first kappa shape index (κ1) is 19.6. The summed E-state index contributed by atoms with van der Waals surface area (Å²) in [4.78, 5) is 28.1. The van der Waals surface area contributed by atoms with E-state index in [1.165, 1.54) is 19.2 Å². The zero-order chi connectivity index (χ0) is 18.6. The lowest BCUT2D eigenvalue weighted by atomic mass is 10.1. The number of aromatic nitrogens is 1. The summed E-state index contributed by atoms with van der Waals surface area (Å²) in [6.07, 6.45) is 1.61. The van der Waals surface area contributed by atoms with Crippen LogP contribution in [0.1, 0.15) is 23.7 Å². The van der Waals surface area contributed by atoms with Gasteiger partial charge in [-0.05, 0) is 19.9 Å². The van der Waals surface area contributed by atoms with Crippen molar-refractivity contribution < 1.29 is 28.5 Å². The topological polar surface area (TPSA) is 115 Å². The molecule has 1 saturated heterocycles. The van der Waals surface area contributed by atoms with Crippen molar-refractivity contribution in [2.45, 2.75) is 26.6 Å². The Labute approximate surface area is 154 Å². The highest BCUT2D eigenvalue weighted by Gasteiger charge is 2.25. The van der Waals surface area contributed by atoms with Crippen LogP contribution in [0.15, 0.2) is 11.1 Å². The smallest absolute Gasteiger partial charge is 0.340 e. The Morgan fingerprint density at radius 3 is 2.88 bits per heavy atom. The van der Waals surface area contributed by atoms with E-state index in [1.54, 1.807) is 6.92 Å². The molecule has 0 spiro atoms. The van der Waals surface area contributed by atoms with E-state index in [0.717, 1.165) is 11.8 Å². The van der Waals surface area contributed by atoms with Crippen molar-refractivity contribution >= 4 is 54.9 Å². The molecule has 8 nitrogen and oxygen atoms in total. The van der Waals surface area contributed by atoms with Crippen LogP contribution >= 0.6 is 32.7 Å². The number of aryl methyl sites for hydroxylation is 1. The fourth-order valence-electron chi connectivity index (χ4n) is 1.88. The van der Waals surface area contributed by atoms with Crippen molar-refractivity contribution in [2.75, 3.05) is 0 Å². The maximum Gasteiger partial charge on any atom is 0.340 e. The second kappa shape index (κ2) is 8.59. The van der Waals surface area contributed by atoms with Crippen LogP contribution in [0.3, 0.4) is 0 Å². The second-order valence-corrected chi connectivity index (χ2v) is 7.04. The van der Waals surface area contributed by atoms with Crippen molar-refractivity contribution in [2.24, 2.45) is 0 Å². The normalized spacial score (nSPS) is 17.0. The summed E-state index contributed by atoms with van der Waals surface area (Å²) in [6.45, 7) is 2.79. The number of hydrogen-bond acceptors (Lipinski definition) is 9. The SMILES string of the molecule is Cc1ncc(COP=O)c(/C=C2\SC(=S)NC2=O)c1OC(=O)C(C)O. The number of rotatable bonds is 6. The number of thioether (sulfide) groups is 1. The van der Waals surface area contributed by atoms with Crippen LogP contribution in [-0.4, -0.2) is 32.4 Å². The van der Waals surface area contributed by atoms with E-state index in [2.05, 4.69) is 10.3 Å². The van der Waals surface area contributed by atoms with E-state index in [-0.39, 0.29) is 18.3 Å². The molecule has 1 aliphatic rings. The van der Waals surface area contributed by atoms with E-state index < -0.39 is 20.8 Å². The predicted molar refractivity (Wildman–Crippen MR) is 95.0 cm³/mol. The summed E-state index contributed by atoms with van der Waals surface area (Å²) in [7, 11) is -0.530. The molecule has 2 rings (SSSR count). The summed E-state index contributed by atoms with van der Waals surface area (Å²) in [5.74, 6) is -1.18. The summed E-state index contributed by atoms with van der Waals surface area (Å²) >= 11 is 6.01. The molecule has 0 bridgehead atoms. The van der Waals surface area contributed by atoms with Gasteiger partial charge in [0, 0.05) is 17.3 Å². The second-order valence-electron chi connectivity index (χ2n) is 4.91. The van der Waals surface area contributed by atoms with Gasteiger partial charge in [-0.15, -0.1) is 0 Å². The van der Waals surface area contributed by atoms with Gasteiger partial charge in [-0.2, -0.15) is 0 Å². The zero-order valence-electron chi connectivity index (χ0n) is 13.1. The Balaban J connectivity index is 2.54. The minimum atomic E-state index is -1.34. The molecule has 1 fully saturated rings. The number of hydrogen-bond donors (Lipinski definition) is 2. The summed E-state index contributed by atoms with van der Waals surface area (Å²) < 4.78 is 21.0. The largest absolute Gasteiger partial charge is 0.422 e. The molecule has 1 aromatic heterocycles. The van der Waals surface area contributed by atoms with Gasteiger partial charge in [-0.1, -0.05) is 24.0 Å². The average molecular weight is 400 g/mol. The van der Waals surface area contributed by atoms with Crippen molar-refractivity contribution in [1.29, 1.82) is 0 Å². The molecule has 1 aliphatic heterocycles. The molecule has 0 saturated carbocycles. The number of pyridine rings is 1. The maximum atomic E-state index is 11.9. The third kappa shape index (κ3) is 4.90. The molecule has 2 heterocycles. The lowest BCUT2D eigenvalue weighted by molar-refractivity contribution is -0.142. The number of aliphatic hydroxyl groups is 1. The van der Waals surface area contributed by atoms with Gasteiger partial charge in [0.2, 0.25) is 0 Å². The predicted octanol–water partition coefficient (Wildman–Crippen LogP) is 1.89. The highest BCUT2D eigenvalue weighted by molar-refractivity contribution is 8.26. The molecule has 132 valence electrons. The number of carbonyl (C=O) groups excluding carboxylic acids is 2. The third-order valence-electron chi connectivity index (χ3n) is 3.07. The number of carbonyl (C=O) groups is 2. The number of nitrogens with one attached hydrogen (secondary N) is 1. The number of amides is 1. The number of aliphatic hydroxyl groups excluding tert-OH is 1. The number of thiocarbonyl (C=S) groups is 1. The monoisotopic (exact) mass is 400 g/mol. The molecule has 11 heteroatoms. The van der Waals surface area contributed by atoms with E-state index in [9.17, 15) is 19.3 Å². The van der Waals surface area contributed by atoms with Gasteiger partial charge in [0.1, 0.15) is 10.4 Å². The number of nitrogens with zero attached hydrogens (tertiary/aromatic N) is 1. The van der Waals surface area contributed by atoms with Gasteiger partial charge < -0.3 is 15.2 Å². The lowest BCUT2D eigenvalue weighted by Gasteiger charge is -2.14. The van der Waals surface area contributed by atoms with Crippen LogP contribution in [0, 0.1) is 6.92 Å². The lowest BCUT2D eigenvalue weighted by Crippen LogP contribution is -2.23. The highest BCUT2D eigenvalue weighted by Crippen LogP contribution is 2.33. The van der Waals surface area contributed by atoms with Crippen LogP contribution < -0.4 is 10.1 Å². The number of ether oxygens (including phenoxy) is 1. The van der Waals surface area contributed by atoms with Crippen LogP contribution in [0.5, 0.6) is 5.75 Å². The third-order valence-corrected chi connectivity index (χ3v) is 4.46. The van der Waals surface area contributed by atoms with Gasteiger partial charge in [0.25, 0.3) is 5.91 Å². The van der Waals surface area contributed by atoms with Crippen LogP contribution in [0.25, 0.3) is 6.08 Å². The molecule has 1 amide bonds. The van der Waals surface area contributed by atoms with Crippen molar-refractivity contribution in [3.8, 4) is 5.75 Å². The first-order valence-corrected chi connectivity index (χ1v) is 8.86. The first-order valence-electron chi connectivity index (χ1n) is 6.91. The van der Waals surface area contributed by atoms with Gasteiger partial charge in [-0.25, -0.2) is 9.36 Å². The van der Waals surface area contributed by atoms with Gasteiger partial charge in [0.15, 0.2) is 5.75 Å². The van der Waals surface area contributed by atoms with E-state index >= 15 is 0 Å². The van der Waals surface area contributed by atoms with E-state index in [1.807, 2.05) is 0 Å². The molecule has 25 heavy (non-hydrogen) atoms. The molecule has 1 atom stereocenters. The Morgan fingerprint density at radius 1 is 1.60 bits per heavy atom. The molecule has 1 unspecified atom stereocenters. The average Bonchev–Trinajstić information content (AvgIpc) is 2.87. The minimum absolute atomic E-state index is 0.0771. The van der Waals surface area contributed by atoms with Crippen LogP contribution in [-0.2, 0) is 25.3 Å².